The number of hydrogen-bond acceptors (Lipinski definition) is 1. The van der Waals surface area contributed by atoms with Gasteiger partial charge in [0, 0.05) is 15.6 Å². The zero-order valence-electron chi connectivity index (χ0n) is 11.8. The highest BCUT2D eigenvalue weighted by molar-refractivity contribution is 6.36. The van der Waals surface area contributed by atoms with Crippen molar-refractivity contribution in [3.8, 4) is 0 Å². The zero-order chi connectivity index (χ0) is 14.1. The molecule has 0 heterocycles. The van der Waals surface area contributed by atoms with Crippen molar-refractivity contribution in [3.05, 3.63) is 33.8 Å². The molecule has 1 unspecified atom stereocenters. The van der Waals surface area contributed by atoms with Crippen LogP contribution in [0.3, 0.4) is 0 Å². The average molecular weight is 300 g/mol. The summed E-state index contributed by atoms with van der Waals surface area (Å²) in [6.45, 7) is 4.67. The van der Waals surface area contributed by atoms with Crippen LogP contribution < -0.4 is 5.73 Å². The minimum absolute atomic E-state index is 0.164. The lowest BCUT2D eigenvalue weighted by atomic mass is 9.81. The maximum atomic E-state index is 6.63. The van der Waals surface area contributed by atoms with Crippen molar-refractivity contribution in [3.63, 3.8) is 0 Å². The van der Waals surface area contributed by atoms with Gasteiger partial charge in [0.25, 0.3) is 0 Å². The van der Waals surface area contributed by atoms with Gasteiger partial charge < -0.3 is 5.73 Å². The van der Waals surface area contributed by atoms with E-state index in [4.69, 9.17) is 28.9 Å². The van der Waals surface area contributed by atoms with Crippen molar-refractivity contribution in [1.82, 2.24) is 0 Å². The molecular weight excluding hydrogens is 277 g/mol. The zero-order valence-corrected chi connectivity index (χ0v) is 13.3. The van der Waals surface area contributed by atoms with Crippen LogP contribution in [0.15, 0.2) is 18.2 Å². The lowest BCUT2D eigenvalue weighted by molar-refractivity contribution is 0.297. The first-order valence-corrected chi connectivity index (χ1v) is 7.79. The van der Waals surface area contributed by atoms with Crippen molar-refractivity contribution in [2.45, 2.75) is 57.9 Å². The van der Waals surface area contributed by atoms with Crippen LogP contribution in [0.2, 0.25) is 10.0 Å². The van der Waals surface area contributed by atoms with Crippen LogP contribution in [0.25, 0.3) is 0 Å². The first-order chi connectivity index (χ1) is 8.81. The van der Waals surface area contributed by atoms with E-state index in [9.17, 15) is 0 Å². The number of hydrogen-bond donors (Lipinski definition) is 1. The van der Waals surface area contributed by atoms with E-state index < -0.39 is 0 Å². The minimum atomic E-state index is -0.164. The van der Waals surface area contributed by atoms with E-state index in [0.29, 0.717) is 5.41 Å². The lowest BCUT2D eigenvalue weighted by Crippen LogP contribution is -2.41. The fourth-order valence-corrected chi connectivity index (χ4v) is 3.52. The van der Waals surface area contributed by atoms with Crippen LogP contribution in [0.4, 0.5) is 0 Å². The Balaban J connectivity index is 2.17. The maximum Gasteiger partial charge on any atom is 0.0453 e. The molecule has 1 aliphatic rings. The predicted molar refractivity (Wildman–Crippen MR) is 84.0 cm³/mol. The third kappa shape index (κ3) is 3.87. The second-order valence-electron chi connectivity index (χ2n) is 6.76. The van der Waals surface area contributed by atoms with Gasteiger partial charge in [-0.3, -0.25) is 0 Å². The third-order valence-electron chi connectivity index (χ3n) is 4.42. The largest absolute Gasteiger partial charge is 0.325 e. The van der Waals surface area contributed by atoms with E-state index >= 15 is 0 Å². The van der Waals surface area contributed by atoms with Gasteiger partial charge in [-0.2, -0.15) is 0 Å². The Bertz CT molecular complexity index is 436. The third-order valence-corrected chi connectivity index (χ3v) is 5.13. The maximum absolute atomic E-state index is 6.63. The molecule has 0 bridgehead atoms. The summed E-state index contributed by atoms with van der Waals surface area (Å²) in [5.74, 6) is 0. The molecule has 0 aliphatic heterocycles. The minimum Gasteiger partial charge on any atom is -0.325 e. The standard InChI is InChI=1S/C16H23Cl2N/c1-15(2)7-4-8-16(19,10-9-15)11-12-13(17)5-3-6-14(12)18/h3,5-6H,4,7-11,19H2,1-2H3. The fraction of sp³-hybridized carbons (Fsp3) is 0.625. The van der Waals surface area contributed by atoms with Gasteiger partial charge in [0.15, 0.2) is 0 Å². The summed E-state index contributed by atoms with van der Waals surface area (Å²) in [5.41, 5.74) is 7.88. The summed E-state index contributed by atoms with van der Waals surface area (Å²) in [6.07, 6.45) is 6.49. The molecular formula is C16H23Cl2N. The van der Waals surface area contributed by atoms with Gasteiger partial charge in [0.2, 0.25) is 0 Å². The molecule has 0 aromatic heterocycles. The molecule has 1 aliphatic carbocycles. The number of rotatable bonds is 2. The second kappa shape index (κ2) is 5.63. The van der Waals surface area contributed by atoms with Crippen LogP contribution in [0.5, 0.6) is 0 Å². The molecule has 0 radical (unpaired) electrons. The van der Waals surface area contributed by atoms with Crippen LogP contribution in [0, 0.1) is 5.41 Å². The highest BCUT2D eigenvalue weighted by Crippen LogP contribution is 2.39. The molecule has 1 fully saturated rings. The van der Waals surface area contributed by atoms with Crippen molar-refractivity contribution in [2.24, 2.45) is 11.1 Å². The van der Waals surface area contributed by atoms with E-state index in [1.54, 1.807) is 0 Å². The molecule has 106 valence electrons. The first-order valence-electron chi connectivity index (χ1n) is 7.03. The lowest BCUT2D eigenvalue weighted by Gasteiger charge is -2.30. The molecule has 2 rings (SSSR count). The number of halogens is 2. The molecule has 0 saturated heterocycles. The topological polar surface area (TPSA) is 26.0 Å². The highest BCUT2D eigenvalue weighted by Gasteiger charge is 2.33. The smallest absolute Gasteiger partial charge is 0.0453 e. The Kier molecular flexibility index (Phi) is 4.49. The van der Waals surface area contributed by atoms with E-state index in [1.807, 2.05) is 18.2 Å². The fourth-order valence-electron chi connectivity index (χ4n) is 2.99. The molecule has 1 aromatic carbocycles. The quantitative estimate of drug-likeness (QED) is 0.744. The van der Waals surface area contributed by atoms with Gasteiger partial charge in [0.1, 0.15) is 0 Å². The van der Waals surface area contributed by atoms with Crippen molar-refractivity contribution in [1.29, 1.82) is 0 Å². The van der Waals surface area contributed by atoms with Crippen LogP contribution in [-0.4, -0.2) is 5.54 Å². The first kappa shape index (κ1) is 15.2. The van der Waals surface area contributed by atoms with Gasteiger partial charge in [-0.25, -0.2) is 0 Å². The van der Waals surface area contributed by atoms with Crippen molar-refractivity contribution >= 4 is 23.2 Å². The number of nitrogens with two attached hydrogens (primary N) is 1. The van der Waals surface area contributed by atoms with Gasteiger partial charge in [-0.05, 0) is 55.2 Å². The summed E-state index contributed by atoms with van der Waals surface area (Å²) in [4.78, 5) is 0. The molecule has 2 N–H and O–H groups in total. The molecule has 0 amide bonds. The molecule has 1 aromatic rings. The molecule has 0 spiro atoms. The summed E-state index contributed by atoms with van der Waals surface area (Å²) in [6, 6.07) is 5.67. The summed E-state index contributed by atoms with van der Waals surface area (Å²) in [5, 5.41) is 1.47. The van der Waals surface area contributed by atoms with E-state index in [0.717, 1.165) is 34.9 Å². The Labute approximate surface area is 126 Å². The van der Waals surface area contributed by atoms with Gasteiger partial charge >= 0.3 is 0 Å². The van der Waals surface area contributed by atoms with Crippen molar-refractivity contribution in [2.75, 3.05) is 0 Å². The molecule has 19 heavy (non-hydrogen) atoms. The Morgan fingerprint density at radius 3 is 2.32 bits per heavy atom. The van der Waals surface area contributed by atoms with E-state index in [1.165, 1.54) is 19.3 Å². The van der Waals surface area contributed by atoms with Crippen LogP contribution in [0.1, 0.15) is 51.5 Å². The van der Waals surface area contributed by atoms with Gasteiger partial charge in [-0.1, -0.05) is 49.5 Å². The summed E-state index contributed by atoms with van der Waals surface area (Å²) < 4.78 is 0. The second-order valence-corrected chi connectivity index (χ2v) is 7.57. The van der Waals surface area contributed by atoms with Crippen LogP contribution in [-0.2, 0) is 6.42 Å². The Hall–Kier alpha value is -0.240. The van der Waals surface area contributed by atoms with Crippen LogP contribution >= 0.6 is 23.2 Å². The molecule has 1 atom stereocenters. The average Bonchev–Trinajstić information content (AvgIpc) is 2.44. The summed E-state index contributed by atoms with van der Waals surface area (Å²) >= 11 is 12.5. The predicted octanol–water partition coefficient (Wildman–Crippen LogP) is 5.22. The molecule has 1 saturated carbocycles. The van der Waals surface area contributed by atoms with E-state index in [-0.39, 0.29) is 5.54 Å². The molecule has 1 nitrogen and oxygen atoms in total. The Morgan fingerprint density at radius 1 is 1.05 bits per heavy atom. The van der Waals surface area contributed by atoms with Gasteiger partial charge in [0.05, 0.1) is 0 Å². The SMILES string of the molecule is CC1(C)CCCC(N)(Cc2c(Cl)cccc2Cl)CC1. The van der Waals surface area contributed by atoms with E-state index in [2.05, 4.69) is 13.8 Å². The molecule has 3 heteroatoms. The highest BCUT2D eigenvalue weighted by atomic mass is 35.5. The number of benzene rings is 1. The van der Waals surface area contributed by atoms with Crippen molar-refractivity contribution < 1.29 is 0 Å². The summed E-state index contributed by atoms with van der Waals surface area (Å²) in [7, 11) is 0. The van der Waals surface area contributed by atoms with Gasteiger partial charge in [-0.15, -0.1) is 0 Å². The Morgan fingerprint density at radius 2 is 1.68 bits per heavy atom. The normalized spacial score (nSPS) is 27.0. The monoisotopic (exact) mass is 299 g/mol.